The fourth-order valence-electron chi connectivity index (χ4n) is 2.11. The Morgan fingerprint density at radius 3 is 2.60 bits per heavy atom. The van der Waals surface area contributed by atoms with Gasteiger partial charge in [-0.05, 0) is 25.3 Å². The van der Waals surface area contributed by atoms with Crippen LogP contribution in [0.1, 0.15) is 31.4 Å². The summed E-state index contributed by atoms with van der Waals surface area (Å²) in [5, 5.41) is 16.6. The van der Waals surface area contributed by atoms with Gasteiger partial charge in [0.2, 0.25) is 0 Å². The van der Waals surface area contributed by atoms with Crippen LogP contribution in [-0.4, -0.2) is 57.6 Å². The molecule has 6 nitrogen and oxygen atoms in total. The van der Waals surface area contributed by atoms with Crippen molar-refractivity contribution < 1.29 is 14.6 Å². The van der Waals surface area contributed by atoms with E-state index in [1.165, 1.54) is 0 Å². The van der Waals surface area contributed by atoms with E-state index in [1.54, 1.807) is 7.11 Å². The molecule has 0 saturated heterocycles. The van der Waals surface area contributed by atoms with Crippen molar-refractivity contribution in [3.8, 4) is 0 Å². The predicted octanol–water partition coefficient (Wildman–Crippen LogP) is 2.34. The van der Waals surface area contributed by atoms with Crippen molar-refractivity contribution in [2.24, 2.45) is 4.99 Å². The predicted molar refractivity (Wildman–Crippen MR) is 113 cm³/mol. The summed E-state index contributed by atoms with van der Waals surface area (Å²) in [6.45, 7) is 6.11. The molecule has 1 rings (SSSR count). The number of rotatable bonds is 12. The largest absolute Gasteiger partial charge is 0.388 e. The van der Waals surface area contributed by atoms with Crippen LogP contribution in [0.2, 0.25) is 0 Å². The smallest absolute Gasteiger partial charge is 0.191 e. The molecule has 1 atom stereocenters. The first-order valence-electron chi connectivity index (χ1n) is 8.59. The monoisotopic (exact) mass is 465 g/mol. The van der Waals surface area contributed by atoms with Gasteiger partial charge in [-0.2, -0.15) is 0 Å². The van der Waals surface area contributed by atoms with Crippen LogP contribution in [-0.2, 0) is 9.47 Å². The van der Waals surface area contributed by atoms with Gasteiger partial charge in [0.15, 0.2) is 5.96 Å². The number of benzene rings is 1. The zero-order chi connectivity index (χ0) is 17.5. The molecule has 0 bridgehead atoms. The number of ether oxygens (including phenoxy) is 2. The van der Waals surface area contributed by atoms with Gasteiger partial charge in [0, 0.05) is 33.4 Å². The summed E-state index contributed by atoms with van der Waals surface area (Å²) in [4.78, 5) is 4.50. The number of aliphatic imine (C=N–C) groups is 1. The number of nitrogens with zero attached hydrogens (tertiary/aromatic N) is 1. The molecule has 0 heterocycles. The van der Waals surface area contributed by atoms with Gasteiger partial charge in [-0.25, -0.2) is 0 Å². The van der Waals surface area contributed by atoms with Crippen LogP contribution in [0.5, 0.6) is 0 Å². The van der Waals surface area contributed by atoms with Crippen LogP contribution in [0.25, 0.3) is 0 Å². The van der Waals surface area contributed by atoms with Gasteiger partial charge in [-0.15, -0.1) is 24.0 Å². The van der Waals surface area contributed by atoms with Gasteiger partial charge < -0.3 is 25.2 Å². The van der Waals surface area contributed by atoms with Crippen LogP contribution in [0, 0.1) is 0 Å². The molecule has 0 fully saturated rings. The molecule has 0 radical (unpaired) electrons. The summed E-state index contributed by atoms with van der Waals surface area (Å²) < 4.78 is 10.3. The first kappa shape index (κ1) is 24.1. The van der Waals surface area contributed by atoms with Crippen LogP contribution in [0.15, 0.2) is 35.3 Å². The summed E-state index contributed by atoms with van der Waals surface area (Å²) in [5.74, 6) is 0.773. The molecular weight excluding hydrogens is 433 g/mol. The molecule has 0 amide bonds. The maximum absolute atomic E-state index is 10.2. The summed E-state index contributed by atoms with van der Waals surface area (Å²) in [7, 11) is 1.66. The number of hydrogen-bond acceptors (Lipinski definition) is 4. The van der Waals surface area contributed by atoms with Crippen LogP contribution < -0.4 is 10.6 Å². The molecule has 1 unspecified atom stereocenters. The molecule has 0 saturated carbocycles. The zero-order valence-electron chi connectivity index (χ0n) is 15.2. The Morgan fingerprint density at radius 2 is 1.92 bits per heavy atom. The number of guanidine groups is 1. The van der Waals surface area contributed by atoms with E-state index in [2.05, 4.69) is 15.6 Å². The fourth-order valence-corrected chi connectivity index (χ4v) is 2.11. The molecule has 1 aromatic rings. The summed E-state index contributed by atoms with van der Waals surface area (Å²) >= 11 is 0. The van der Waals surface area contributed by atoms with Gasteiger partial charge in [0.25, 0.3) is 0 Å². The van der Waals surface area contributed by atoms with Crippen molar-refractivity contribution in [3.05, 3.63) is 35.9 Å². The van der Waals surface area contributed by atoms with E-state index in [0.717, 1.165) is 24.5 Å². The van der Waals surface area contributed by atoms with Crippen molar-refractivity contribution in [2.45, 2.75) is 25.9 Å². The van der Waals surface area contributed by atoms with E-state index in [0.29, 0.717) is 39.3 Å². The van der Waals surface area contributed by atoms with E-state index in [-0.39, 0.29) is 24.0 Å². The van der Waals surface area contributed by atoms with E-state index >= 15 is 0 Å². The highest BCUT2D eigenvalue weighted by Crippen LogP contribution is 2.14. The maximum Gasteiger partial charge on any atom is 0.191 e. The first-order chi connectivity index (χ1) is 11.8. The van der Waals surface area contributed by atoms with E-state index < -0.39 is 6.10 Å². The lowest BCUT2D eigenvalue weighted by atomic mass is 10.1. The van der Waals surface area contributed by atoms with Gasteiger partial charge in [-0.3, -0.25) is 4.99 Å². The second kappa shape index (κ2) is 16.6. The van der Waals surface area contributed by atoms with E-state index in [9.17, 15) is 5.11 Å². The van der Waals surface area contributed by atoms with Gasteiger partial charge in [-0.1, -0.05) is 30.3 Å². The average molecular weight is 465 g/mol. The molecule has 144 valence electrons. The molecule has 0 aliphatic carbocycles. The minimum Gasteiger partial charge on any atom is -0.388 e. The summed E-state index contributed by atoms with van der Waals surface area (Å²) in [6, 6.07) is 9.70. The second-order valence-corrected chi connectivity index (χ2v) is 5.36. The number of hydrogen-bond donors (Lipinski definition) is 3. The third kappa shape index (κ3) is 12.1. The molecule has 7 heteroatoms. The van der Waals surface area contributed by atoms with E-state index in [1.807, 2.05) is 37.3 Å². The van der Waals surface area contributed by atoms with Crippen molar-refractivity contribution in [1.82, 2.24) is 10.6 Å². The van der Waals surface area contributed by atoms with Crippen LogP contribution in [0.3, 0.4) is 0 Å². The Hall–Kier alpha value is -0.900. The average Bonchev–Trinajstić information content (AvgIpc) is 2.61. The van der Waals surface area contributed by atoms with Crippen molar-refractivity contribution >= 4 is 29.9 Å². The molecule has 3 N–H and O–H groups in total. The molecule has 25 heavy (non-hydrogen) atoms. The SMILES string of the molecule is CCNC(=NCCCOCCOC)NCCC(O)c1ccccc1.I. The van der Waals surface area contributed by atoms with Gasteiger partial charge >= 0.3 is 0 Å². The lowest BCUT2D eigenvalue weighted by molar-refractivity contribution is 0.0702. The highest BCUT2D eigenvalue weighted by atomic mass is 127. The lowest BCUT2D eigenvalue weighted by Crippen LogP contribution is -2.38. The Balaban J connectivity index is 0.00000576. The Bertz CT molecular complexity index is 446. The number of nitrogens with one attached hydrogen (secondary N) is 2. The van der Waals surface area contributed by atoms with Crippen LogP contribution in [0.4, 0.5) is 0 Å². The Kier molecular flexibility index (Phi) is 16.0. The van der Waals surface area contributed by atoms with Crippen molar-refractivity contribution in [2.75, 3.05) is 46.6 Å². The third-order valence-electron chi connectivity index (χ3n) is 3.39. The minimum atomic E-state index is -0.462. The van der Waals surface area contributed by atoms with Crippen molar-refractivity contribution in [3.63, 3.8) is 0 Å². The highest BCUT2D eigenvalue weighted by molar-refractivity contribution is 14.0. The normalized spacial score (nSPS) is 12.4. The Labute approximate surface area is 168 Å². The fraction of sp³-hybridized carbons (Fsp3) is 0.611. The molecule has 1 aromatic carbocycles. The summed E-state index contributed by atoms with van der Waals surface area (Å²) in [5.41, 5.74) is 0.939. The third-order valence-corrected chi connectivity index (χ3v) is 3.39. The highest BCUT2D eigenvalue weighted by Gasteiger charge is 2.06. The number of aliphatic hydroxyl groups is 1. The number of halogens is 1. The minimum absolute atomic E-state index is 0. The number of aliphatic hydroxyl groups excluding tert-OH is 1. The number of methoxy groups -OCH3 is 1. The van der Waals surface area contributed by atoms with Crippen molar-refractivity contribution in [1.29, 1.82) is 0 Å². The first-order valence-corrected chi connectivity index (χ1v) is 8.59. The van der Waals surface area contributed by atoms with Gasteiger partial charge in [0.1, 0.15) is 0 Å². The molecule has 0 aliphatic rings. The van der Waals surface area contributed by atoms with E-state index in [4.69, 9.17) is 9.47 Å². The lowest BCUT2D eigenvalue weighted by Gasteiger charge is -2.14. The van der Waals surface area contributed by atoms with Gasteiger partial charge in [0.05, 0.1) is 19.3 Å². The quantitative estimate of drug-likeness (QED) is 0.191. The molecule has 0 aliphatic heterocycles. The Morgan fingerprint density at radius 1 is 1.16 bits per heavy atom. The molecule has 0 spiro atoms. The molecular formula is C18H32IN3O3. The molecule has 0 aromatic heterocycles. The van der Waals surface area contributed by atoms with Crippen LogP contribution >= 0.6 is 24.0 Å². The standard InChI is InChI=1S/C18H31N3O3.HI/c1-3-19-18(20-11-7-13-24-15-14-23-2)21-12-10-17(22)16-8-5-4-6-9-16;/h4-6,8-9,17,22H,3,7,10-15H2,1-2H3,(H2,19,20,21);1H. The topological polar surface area (TPSA) is 75.1 Å². The zero-order valence-corrected chi connectivity index (χ0v) is 17.6. The summed E-state index contributed by atoms with van der Waals surface area (Å²) in [6.07, 6.45) is 1.04. The maximum atomic E-state index is 10.2. The second-order valence-electron chi connectivity index (χ2n) is 5.36.